The largest absolute Gasteiger partial charge is 0.466 e. The Morgan fingerprint density at radius 1 is 1.36 bits per heavy atom. The third-order valence-electron chi connectivity index (χ3n) is 1.76. The minimum absolute atomic E-state index is 0.764. The molecule has 1 heteroatoms. The molecule has 0 saturated carbocycles. The molecule has 1 rings (SSSR count). The summed E-state index contributed by atoms with van der Waals surface area (Å²) < 4.78 is 5.43. The minimum atomic E-state index is 0.764. The van der Waals surface area contributed by atoms with Gasteiger partial charge in [-0.25, -0.2) is 0 Å². The molecule has 0 aliphatic rings. The molecular formula is C10H16O. The molecule has 0 saturated heterocycles. The maximum atomic E-state index is 5.43. The van der Waals surface area contributed by atoms with Crippen molar-refractivity contribution in [3.05, 3.63) is 23.7 Å². The highest BCUT2D eigenvalue weighted by Gasteiger charge is 1.99. The predicted molar refractivity (Wildman–Crippen MR) is 46.6 cm³/mol. The summed E-state index contributed by atoms with van der Waals surface area (Å²) in [6.07, 6.45) is 2.29. The highest BCUT2D eigenvalue weighted by Crippen LogP contribution is 2.11. The molecule has 1 aromatic heterocycles. The molecule has 11 heavy (non-hydrogen) atoms. The molecule has 0 amide bonds. The first-order valence-electron chi connectivity index (χ1n) is 4.24. The molecule has 0 bridgehead atoms. The Hall–Kier alpha value is -0.720. The molecule has 0 N–H and O–H groups in total. The lowest BCUT2D eigenvalue weighted by molar-refractivity contribution is 0.457. The van der Waals surface area contributed by atoms with Crippen molar-refractivity contribution in [3.8, 4) is 0 Å². The average Bonchev–Trinajstić information content (AvgIpc) is 2.31. The Kier molecular flexibility index (Phi) is 2.75. The lowest BCUT2D eigenvalue weighted by atomic mass is 10.1. The smallest absolute Gasteiger partial charge is 0.104 e. The summed E-state index contributed by atoms with van der Waals surface area (Å²) in [5.41, 5.74) is 0. The van der Waals surface area contributed by atoms with Crippen molar-refractivity contribution in [2.45, 2.75) is 33.6 Å². The monoisotopic (exact) mass is 152 g/mol. The van der Waals surface area contributed by atoms with Crippen LogP contribution in [0.3, 0.4) is 0 Å². The molecule has 0 aliphatic carbocycles. The summed E-state index contributed by atoms with van der Waals surface area (Å²) >= 11 is 0. The maximum Gasteiger partial charge on any atom is 0.104 e. The van der Waals surface area contributed by atoms with Gasteiger partial charge in [0.05, 0.1) is 0 Å². The number of aryl methyl sites for hydroxylation is 2. The van der Waals surface area contributed by atoms with E-state index in [0.29, 0.717) is 0 Å². The van der Waals surface area contributed by atoms with Gasteiger partial charge in [0.1, 0.15) is 11.5 Å². The highest BCUT2D eigenvalue weighted by molar-refractivity contribution is 5.05. The molecule has 0 aromatic carbocycles. The fourth-order valence-corrected chi connectivity index (χ4v) is 1.05. The van der Waals surface area contributed by atoms with E-state index in [9.17, 15) is 0 Å². The SMILES string of the molecule is Cc1ccc(CCC(C)C)o1. The van der Waals surface area contributed by atoms with E-state index >= 15 is 0 Å². The van der Waals surface area contributed by atoms with E-state index in [1.165, 1.54) is 6.42 Å². The Morgan fingerprint density at radius 2 is 2.09 bits per heavy atom. The molecule has 62 valence electrons. The van der Waals surface area contributed by atoms with Crippen LogP contribution in [0.25, 0.3) is 0 Å². The fraction of sp³-hybridized carbons (Fsp3) is 0.600. The van der Waals surface area contributed by atoms with Crippen molar-refractivity contribution < 1.29 is 4.42 Å². The van der Waals surface area contributed by atoms with Crippen molar-refractivity contribution in [2.75, 3.05) is 0 Å². The van der Waals surface area contributed by atoms with Crippen LogP contribution in [0, 0.1) is 12.8 Å². The molecular weight excluding hydrogens is 136 g/mol. The summed E-state index contributed by atoms with van der Waals surface area (Å²) in [5.74, 6) is 2.90. The topological polar surface area (TPSA) is 13.1 Å². The molecule has 0 unspecified atom stereocenters. The quantitative estimate of drug-likeness (QED) is 0.648. The molecule has 0 atom stereocenters. The second-order valence-electron chi connectivity index (χ2n) is 3.44. The van der Waals surface area contributed by atoms with Gasteiger partial charge in [0, 0.05) is 6.42 Å². The second-order valence-corrected chi connectivity index (χ2v) is 3.44. The van der Waals surface area contributed by atoms with Crippen molar-refractivity contribution in [3.63, 3.8) is 0 Å². The molecule has 1 nitrogen and oxygen atoms in total. The van der Waals surface area contributed by atoms with Crippen molar-refractivity contribution in [1.29, 1.82) is 0 Å². The van der Waals surface area contributed by atoms with E-state index in [1.807, 2.05) is 13.0 Å². The van der Waals surface area contributed by atoms with Gasteiger partial charge in [-0.2, -0.15) is 0 Å². The number of hydrogen-bond acceptors (Lipinski definition) is 1. The standard InChI is InChI=1S/C10H16O/c1-8(2)4-6-10-7-5-9(3)11-10/h5,7-8H,4,6H2,1-3H3. The normalized spacial score (nSPS) is 10.9. The van der Waals surface area contributed by atoms with E-state index < -0.39 is 0 Å². The van der Waals surface area contributed by atoms with Crippen LogP contribution in [0.15, 0.2) is 16.5 Å². The maximum absolute atomic E-state index is 5.43. The summed E-state index contributed by atoms with van der Waals surface area (Å²) in [7, 11) is 0. The van der Waals surface area contributed by atoms with Crippen LogP contribution in [-0.4, -0.2) is 0 Å². The fourth-order valence-electron chi connectivity index (χ4n) is 1.05. The van der Waals surface area contributed by atoms with E-state index in [4.69, 9.17) is 4.42 Å². The molecule has 0 fully saturated rings. The van der Waals surface area contributed by atoms with Crippen LogP contribution in [-0.2, 0) is 6.42 Å². The van der Waals surface area contributed by atoms with Gasteiger partial charge in [0.2, 0.25) is 0 Å². The van der Waals surface area contributed by atoms with E-state index in [0.717, 1.165) is 23.9 Å². The Morgan fingerprint density at radius 3 is 2.55 bits per heavy atom. The van der Waals surface area contributed by atoms with Crippen LogP contribution < -0.4 is 0 Å². The van der Waals surface area contributed by atoms with Gasteiger partial charge in [-0.15, -0.1) is 0 Å². The molecule has 0 spiro atoms. The highest BCUT2D eigenvalue weighted by atomic mass is 16.3. The summed E-state index contributed by atoms with van der Waals surface area (Å²) in [4.78, 5) is 0. The first-order valence-corrected chi connectivity index (χ1v) is 4.24. The number of furan rings is 1. The van der Waals surface area contributed by atoms with Gasteiger partial charge in [0.15, 0.2) is 0 Å². The average molecular weight is 152 g/mol. The molecule has 0 aliphatic heterocycles. The lowest BCUT2D eigenvalue weighted by Crippen LogP contribution is -1.89. The van der Waals surface area contributed by atoms with Gasteiger partial charge in [-0.1, -0.05) is 13.8 Å². The van der Waals surface area contributed by atoms with Crippen LogP contribution >= 0.6 is 0 Å². The van der Waals surface area contributed by atoms with E-state index in [2.05, 4.69) is 19.9 Å². The third-order valence-corrected chi connectivity index (χ3v) is 1.76. The molecule has 1 heterocycles. The van der Waals surface area contributed by atoms with Crippen molar-refractivity contribution in [1.82, 2.24) is 0 Å². The predicted octanol–water partition coefficient (Wildman–Crippen LogP) is 3.18. The minimum Gasteiger partial charge on any atom is -0.466 e. The summed E-state index contributed by atoms with van der Waals surface area (Å²) in [6.45, 7) is 6.45. The second kappa shape index (κ2) is 3.61. The Labute approximate surface area is 68.4 Å². The van der Waals surface area contributed by atoms with Crippen LogP contribution in [0.4, 0.5) is 0 Å². The lowest BCUT2D eigenvalue weighted by Gasteiger charge is -2.00. The Bertz CT molecular complexity index is 210. The van der Waals surface area contributed by atoms with Gasteiger partial charge in [0.25, 0.3) is 0 Å². The number of rotatable bonds is 3. The first kappa shape index (κ1) is 8.38. The zero-order chi connectivity index (χ0) is 8.27. The van der Waals surface area contributed by atoms with Crippen molar-refractivity contribution in [2.24, 2.45) is 5.92 Å². The van der Waals surface area contributed by atoms with E-state index in [-0.39, 0.29) is 0 Å². The van der Waals surface area contributed by atoms with E-state index in [1.54, 1.807) is 0 Å². The Balaban J connectivity index is 2.39. The van der Waals surface area contributed by atoms with Crippen LogP contribution in [0.5, 0.6) is 0 Å². The summed E-state index contributed by atoms with van der Waals surface area (Å²) in [5, 5.41) is 0. The third kappa shape index (κ3) is 2.79. The van der Waals surface area contributed by atoms with Crippen LogP contribution in [0.2, 0.25) is 0 Å². The number of hydrogen-bond donors (Lipinski definition) is 0. The van der Waals surface area contributed by atoms with Crippen molar-refractivity contribution >= 4 is 0 Å². The first-order chi connectivity index (χ1) is 5.18. The zero-order valence-electron chi connectivity index (χ0n) is 7.55. The van der Waals surface area contributed by atoms with Gasteiger partial charge >= 0.3 is 0 Å². The van der Waals surface area contributed by atoms with Crippen LogP contribution in [0.1, 0.15) is 31.8 Å². The van der Waals surface area contributed by atoms with Gasteiger partial charge in [-0.05, 0) is 31.4 Å². The zero-order valence-corrected chi connectivity index (χ0v) is 7.55. The molecule has 1 aromatic rings. The van der Waals surface area contributed by atoms with Gasteiger partial charge in [-0.3, -0.25) is 0 Å². The summed E-state index contributed by atoms with van der Waals surface area (Å²) in [6, 6.07) is 4.09. The molecule has 0 radical (unpaired) electrons. The van der Waals surface area contributed by atoms with Gasteiger partial charge < -0.3 is 4.42 Å².